The molecule has 0 saturated carbocycles. The molecule has 0 bridgehead atoms. The van der Waals surface area contributed by atoms with Gasteiger partial charge in [0.15, 0.2) is 0 Å². The number of aliphatic hydroxyl groups is 1. The Kier molecular flexibility index (Phi) is 6.61. The number of aliphatic hydroxyl groups excluding tert-OH is 1. The number of hydrogen-bond donors (Lipinski definition) is 3. The monoisotopic (exact) mass is 349 g/mol. The second kappa shape index (κ2) is 8.69. The van der Waals surface area contributed by atoms with Gasteiger partial charge in [0.25, 0.3) is 0 Å². The molecule has 4 nitrogen and oxygen atoms in total. The molecule has 0 aromatic heterocycles. The molecule has 0 aliphatic heterocycles. The third kappa shape index (κ3) is 5.92. The maximum atomic E-state index is 12.9. The van der Waals surface area contributed by atoms with Crippen LogP contribution in [0.5, 0.6) is 0 Å². The summed E-state index contributed by atoms with van der Waals surface area (Å²) in [5, 5.41) is 19.6. The van der Waals surface area contributed by atoms with E-state index in [2.05, 4.69) is 0 Å². The quantitative estimate of drug-likeness (QED) is 0.684. The van der Waals surface area contributed by atoms with Gasteiger partial charge >= 0.3 is 5.97 Å². The maximum absolute atomic E-state index is 12.9. The largest absolute Gasteiger partial charge is 0.481 e. The fraction of sp³-hybridized carbons (Fsp3) is 0.316. The number of halogens is 2. The highest BCUT2D eigenvalue weighted by molar-refractivity contribution is 5.70. The van der Waals surface area contributed by atoms with Crippen molar-refractivity contribution in [1.29, 1.82) is 0 Å². The fourth-order valence-electron chi connectivity index (χ4n) is 2.67. The summed E-state index contributed by atoms with van der Waals surface area (Å²) in [4.78, 5) is 11.5. The Morgan fingerprint density at radius 3 is 1.80 bits per heavy atom. The molecule has 0 spiro atoms. The van der Waals surface area contributed by atoms with Gasteiger partial charge in [-0.3, -0.25) is 4.79 Å². The number of nitrogens with two attached hydrogens (primary N) is 1. The molecule has 2 aromatic rings. The SMILES string of the molecule is NC(Cc1ccc(F)cc1)C(O)CC(Cc1ccc(F)cc1)C(=O)O. The first-order chi connectivity index (χ1) is 11.8. The Morgan fingerprint density at radius 1 is 0.920 bits per heavy atom. The third-order valence-corrected chi connectivity index (χ3v) is 4.15. The van der Waals surface area contributed by atoms with E-state index in [0.717, 1.165) is 5.56 Å². The van der Waals surface area contributed by atoms with E-state index < -0.39 is 29.9 Å². The maximum Gasteiger partial charge on any atom is 0.306 e. The zero-order valence-corrected chi connectivity index (χ0v) is 13.6. The van der Waals surface area contributed by atoms with Gasteiger partial charge in [-0.2, -0.15) is 0 Å². The van der Waals surface area contributed by atoms with Gasteiger partial charge in [0, 0.05) is 6.04 Å². The summed E-state index contributed by atoms with van der Waals surface area (Å²) in [6, 6.07) is 10.7. The Morgan fingerprint density at radius 2 is 1.36 bits per heavy atom. The zero-order chi connectivity index (χ0) is 18.4. The topological polar surface area (TPSA) is 83.5 Å². The molecule has 134 valence electrons. The molecule has 3 unspecified atom stereocenters. The van der Waals surface area contributed by atoms with Crippen LogP contribution < -0.4 is 5.73 Å². The third-order valence-electron chi connectivity index (χ3n) is 4.15. The minimum Gasteiger partial charge on any atom is -0.481 e. The van der Waals surface area contributed by atoms with Crippen LogP contribution in [-0.4, -0.2) is 28.3 Å². The molecule has 0 saturated heterocycles. The molecule has 3 atom stereocenters. The second-order valence-corrected chi connectivity index (χ2v) is 6.16. The van der Waals surface area contributed by atoms with Gasteiger partial charge in [-0.05, 0) is 54.7 Å². The molecular weight excluding hydrogens is 328 g/mol. The predicted octanol–water partition coefficient (Wildman–Crippen LogP) is 2.53. The molecule has 0 radical (unpaired) electrons. The van der Waals surface area contributed by atoms with Gasteiger partial charge in [-0.25, -0.2) is 8.78 Å². The number of hydrogen-bond acceptors (Lipinski definition) is 3. The van der Waals surface area contributed by atoms with E-state index in [0.29, 0.717) is 12.0 Å². The number of carbonyl (C=O) groups is 1. The first kappa shape index (κ1) is 19.0. The van der Waals surface area contributed by atoms with Crippen LogP contribution in [0.15, 0.2) is 48.5 Å². The van der Waals surface area contributed by atoms with Crippen LogP contribution in [0, 0.1) is 17.6 Å². The molecule has 2 rings (SSSR count). The molecule has 0 fully saturated rings. The molecule has 25 heavy (non-hydrogen) atoms. The minimum absolute atomic E-state index is 0.0188. The second-order valence-electron chi connectivity index (χ2n) is 6.16. The molecule has 2 aromatic carbocycles. The lowest BCUT2D eigenvalue weighted by molar-refractivity contribution is -0.142. The summed E-state index contributed by atoms with van der Waals surface area (Å²) in [5.74, 6) is -2.63. The fourth-order valence-corrected chi connectivity index (χ4v) is 2.67. The van der Waals surface area contributed by atoms with E-state index in [4.69, 9.17) is 5.73 Å². The van der Waals surface area contributed by atoms with Gasteiger partial charge in [-0.15, -0.1) is 0 Å². The molecule has 0 aliphatic rings. The zero-order valence-electron chi connectivity index (χ0n) is 13.6. The number of carboxylic acids is 1. The lowest BCUT2D eigenvalue weighted by atomic mass is 9.90. The Balaban J connectivity index is 1.96. The van der Waals surface area contributed by atoms with Crippen molar-refractivity contribution in [2.45, 2.75) is 31.4 Å². The Bertz CT molecular complexity index is 689. The van der Waals surface area contributed by atoms with Crippen molar-refractivity contribution >= 4 is 5.97 Å². The van der Waals surface area contributed by atoms with E-state index in [-0.39, 0.29) is 18.7 Å². The van der Waals surface area contributed by atoms with Gasteiger partial charge in [0.05, 0.1) is 12.0 Å². The highest BCUT2D eigenvalue weighted by Crippen LogP contribution is 2.18. The molecular formula is C19H21F2NO3. The first-order valence-electron chi connectivity index (χ1n) is 8.00. The van der Waals surface area contributed by atoms with Crippen molar-refractivity contribution in [3.8, 4) is 0 Å². The van der Waals surface area contributed by atoms with Crippen LogP contribution in [0.2, 0.25) is 0 Å². The van der Waals surface area contributed by atoms with Crippen LogP contribution in [0.25, 0.3) is 0 Å². The first-order valence-corrected chi connectivity index (χ1v) is 8.00. The van der Waals surface area contributed by atoms with Gasteiger partial charge in [0.1, 0.15) is 11.6 Å². The lowest BCUT2D eigenvalue weighted by Gasteiger charge is -2.22. The summed E-state index contributed by atoms with van der Waals surface area (Å²) >= 11 is 0. The summed E-state index contributed by atoms with van der Waals surface area (Å²) in [6.45, 7) is 0. The van der Waals surface area contributed by atoms with Gasteiger partial charge in [0.2, 0.25) is 0 Å². The van der Waals surface area contributed by atoms with Crippen LogP contribution in [0.3, 0.4) is 0 Å². The molecule has 4 N–H and O–H groups in total. The van der Waals surface area contributed by atoms with E-state index in [1.54, 1.807) is 12.1 Å². The number of benzene rings is 2. The van der Waals surface area contributed by atoms with E-state index in [1.165, 1.54) is 36.4 Å². The molecule has 6 heteroatoms. The molecule has 0 amide bonds. The minimum atomic E-state index is -1.04. The van der Waals surface area contributed by atoms with E-state index in [9.17, 15) is 23.8 Å². The lowest BCUT2D eigenvalue weighted by Crippen LogP contribution is -2.39. The van der Waals surface area contributed by atoms with Crippen molar-refractivity contribution in [3.63, 3.8) is 0 Å². The van der Waals surface area contributed by atoms with Crippen LogP contribution in [0.1, 0.15) is 17.5 Å². The number of rotatable bonds is 8. The Hall–Kier alpha value is -2.31. The van der Waals surface area contributed by atoms with Crippen LogP contribution >= 0.6 is 0 Å². The normalized spacial score (nSPS) is 14.7. The number of carboxylic acid groups (broad SMARTS) is 1. The molecule has 0 aliphatic carbocycles. The average molecular weight is 349 g/mol. The smallest absolute Gasteiger partial charge is 0.306 e. The predicted molar refractivity (Wildman–Crippen MR) is 89.9 cm³/mol. The number of aliphatic carboxylic acids is 1. The van der Waals surface area contributed by atoms with Gasteiger partial charge < -0.3 is 15.9 Å². The van der Waals surface area contributed by atoms with Crippen molar-refractivity contribution in [2.24, 2.45) is 11.7 Å². The highest BCUT2D eigenvalue weighted by atomic mass is 19.1. The van der Waals surface area contributed by atoms with Crippen molar-refractivity contribution in [2.75, 3.05) is 0 Å². The van der Waals surface area contributed by atoms with Crippen molar-refractivity contribution in [1.82, 2.24) is 0 Å². The summed E-state index contributed by atoms with van der Waals surface area (Å²) in [6.07, 6.45) is -0.554. The summed E-state index contributed by atoms with van der Waals surface area (Å²) in [7, 11) is 0. The van der Waals surface area contributed by atoms with Crippen LogP contribution in [-0.2, 0) is 17.6 Å². The van der Waals surface area contributed by atoms with Crippen LogP contribution in [0.4, 0.5) is 8.78 Å². The molecule has 0 heterocycles. The average Bonchev–Trinajstić information content (AvgIpc) is 2.58. The van der Waals surface area contributed by atoms with Gasteiger partial charge in [-0.1, -0.05) is 24.3 Å². The summed E-state index contributed by atoms with van der Waals surface area (Å²) in [5.41, 5.74) is 7.40. The summed E-state index contributed by atoms with van der Waals surface area (Å²) < 4.78 is 25.8. The Labute approximate surface area is 144 Å². The van der Waals surface area contributed by atoms with E-state index in [1.807, 2.05) is 0 Å². The van der Waals surface area contributed by atoms with Crippen molar-refractivity contribution < 1.29 is 23.8 Å². The van der Waals surface area contributed by atoms with Crippen molar-refractivity contribution in [3.05, 3.63) is 71.3 Å². The van der Waals surface area contributed by atoms with E-state index >= 15 is 0 Å². The standard InChI is InChI=1S/C19H21F2NO3/c20-15-5-1-12(2-6-15)9-14(19(24)25)11-18(23)17(22)10-13-3-7-16(21)8-4-13/h1-8,14,17-18,23H,9-11,22H2,(H,24,25). The highest BCUT2D eigenvalue weighted by Gasteiger charge is 2.25.